The Balaban J connectivity index is 2.14. The van der Waals surface area contributed by atoms with Crippen LogP contribution in [0.25, 0.3) is 0 Å². The Morgan fingerprint density at radius 2 is 2.11 bits per heavy atom. The highest BCUT2D eigenvalue weighted by molar-refractivity contribution is 7.80. The number of hydrazone groups is 1. The van der Waals surface area contributed by atoms with Gasteiger partial charge in [-0.2, -0.15) is 5.10 Å². The van der Waals surface area contributed by atoms with Gasteiger partial charge in [-0.3, -0.25) is 5.43 Å². The van der Waals surface area contributed by atoms with Crippen LogP contribution in [0.1, 0.15) is 11.1 Å². The van der Waals surface area contributed by atoms with E-state index in [1.165, 1.54) is 0 Å². The van der Waals surface area contributed by atoms with Crippen LogP contribution in [0.2, 0.25) is 10.0 Å². The minimum Gasteiger partial charge on any atom is -0.493 e. The number of nitrogens with zero attached hydrogens (tertiary/aromatic N) is 1. The van der Waals surface area contributed by atoms with Crippen LogP contribution < -0.4 is 20.2 Å². The quantitative estimate of drug-likeness (QED) is 0.282. The van der Waals surface area contributed by atoms with E-state index < -0.39 is 0 Å². The van der Waals surface area contributed by atoms with Crippen LogP contribution in [-0.2, 0) is 6.61 Å². The molecule has 2 N–H and O–H groups in total. The van der Waals surface area contributed by atoms with Crippen LogP contribution in [0.3, 0.4) is 0 Å². The highest BCUT2D eigenvalue weighted by atomic mass is 35.5. The summed E-state index contributed by atoms with van der Waals surface area (Å²) in [6.07, 6.45) is 3.30. The van der Waals surface area contributed by atoms with Crippen molar-refractivity contribution in [1.82, 2.24) is 10.7 Å². The summed E-state index contributed by atoms with van der Waals surface area (Å²) in [5, 5.41) is 8.54. The van der Waals surface area contributed by atoms with Crippen molar-refractivity contribution in [2.75, 3.05) is 13.7 Å². The Bertz CT molecular complexity index is 844. The number of hydrogen-bond donors (Lipinski definition) is 2. The summed E-state index contributed by atoms with van der Waals surface area (Å²) in [6, 6.07) is 10.8. The Kier molecular flexibility index (Phi) is 8.39. The molecule has 8 heteroatoms. The van der Waals surface area contributed by atoms with Gasteiger partial charge in [-0.05, 0) is 36.5 Å². The smallest absolute Gasteiger partial charge is 0.187 e. The van der Waals surface area contributed by atoms with Gasteiger partial charge in [-0.25, -0.2) is 0 Å². The van der Waals surface area contributed by atoms with Gasteiger partial charge in [0.2, 0.25) is 0 Å². The zero-order chi connectivity index (χ0) is 19.6. The van der Waals surface area contributed by atoms with E-state index in [-0.39, 0.29) is 6.61 Å². The summed E-state index contributed by atoms with van der Waals surface area (Å²) < 4.78 is 11.3. The molecule has 0 heterocycles. The van der Waals surface area contributed by atoms with Crippen LogP contribution in [-0.4, -0.2) is 25.0 Å². The number of halogens is 2. The lowest BCUT2D eigenvalue weighted by Crippen LogP contribution is -2.31. The topological polar surface area (TPSA) is 54.9 Å². The minimum atomic E-state index is 0.254. The summed E-state index contributed by atoms with van der Waals surface area (Å²) >= 11 is 17.2. The number of hydrogen-bond acceptors (Lipinski definition) is 4. The zero-order valence-electron chi connectivity index (χ0n) is 14.7. The standard InChI is InChI=1S/C19H19Cl2N3O2S/c1-3-9-22-19(27)24-23-11-13-5-4-6-17(25-2)18(13)26-12-14-7-8-15(20)10-16(14)21/h3-8,10-11H,1,9,12H2,2H3,(H2,22,24,27)/b23-11+. The molecule has 142 valence electrons. The van der Waals surface area contributed by atoms with Crippen LogP contribution >= 0.6 is 35.4 Å². The monoisotopic (exact) mass is 423 g/mol. The molecule has 0 aliphatic rings. The first-order valence-electron chi connectivity index (χ1n) is 7.96. The lowest BCUT2D eigenvalue weighted by Gasteiger charge is -2.14. The third kappa shape index (κ3) is 6.43. The molecule has 2 rings (SSSR count). The normalized spacial score (nSPS) is 10.5. The van der Waals surface area contributed by atoms with Crippen molar-refractivity contribution in [3.8, 4) is 11.5 Å². The van der Waals surface area contributed by atoms with Crippen LogP contribution in [0.15, 0.2) is 54.2 Å². The summed E-state index contributed by atoms with van der Waals surface area (Å²) in [4.78, 5) is 0. The Morgan fingerprint density at radius 1 is 1.30 bits per heavy atom. The molecule has 2 aromatic carbocycles. The molecule has 0 aliphatic heterocycles. The number of para-hydroxylation sites is 1. The maximum atomic E-state index is 6.21. The predicted molar refractivity (Wildman–Crippen MR) is 115 cm³/mol. The predicted octanol–water partition coefficient (Wildman–Crippen LogP) is 4.57. The molecule has 5 nitrogen and oxygen atoms in total. The lowest BCUT2D eigenvalue weighted by molar-refractivity contribution is 0.284. The molecule has 27 heavy (non-hydrogen) atoms. The second kappa shape index (κ2) is 10.8. The fourth-order valence-corrected chi connectivity index (χ4v) is 2.70. The van der Waals surface area contributed by atoms with E-state index in [1.807, 2.05) is 18.2 Å². The molecular formula is C19H19Cl2N3O2S. The fraction of sp³-hybridized carbons (Fsp3) is 0.158. The van der Waals surface area contributed by atoms with Gasteiger partial charge in [0, 0.05) is 27.7 Å². The van der Waals surface area contributed by atoms with Gasteiger partial charge in [0.05, 0.1) is 13.3 Å². The molecule has 0 aliphatic carbocycles. The molecule has 0 bridgehead atoms. The van der Waals surface area contributed by atoms with E-state index in [0.717, 1.165) is 11.1 Å². The molecule has 0 unspecified atom stereocenters. The lowest BCUT2D eigenvalue weighted by atomic mass is 10.2. The molecule has 0 saturated carbocycles. The first-order valence-corrected chi connectivity index (χ1v) is 9.13. The molecule has 0 atom stereocenters. The van der Waals surface area contributed by atoms with E-state index >= 15 is 0 Å². The molecule has 0 saturated heterocycles. The Hall–Kier alpha value is -2.28. The van der Waals surface area contributed by atoms with Gasteiger partial charge in [0.15, 0.2) is 16.6 Å². The molecule has 2 aromatic rings. The molecular weight excluding hydrogens is 405 g/mol. The summed E-state index contributed by atoms with van der Waals surface area (Å²) in [5.41, 5.74) is 4.26. The number of ether oxygens (including phenoxy) is 2. The van der Waals surface area contributed by atoms with E-state index in [4.69, 9.17) is 44.9 Å². The van der Waals surface area contributed by atoms with Crippen molar-refractivity contribution in [3.05, 3.63) is 70.2 Å². The maximum Gasteiger partial charge on any atom is 0.187 e. The second-order valence-corrected chi connectivity index (χ2v) is 6.52. The van der Waals surface area contributed by atoms with E-state index in [0.29, 0.717) is 33.2 Å². The molecule has 0 radical (unpaired) electrons. The van der Waals surface area contributed by atoms with Crippen molar-refractivity contribution < 1.29 is 9.47 Å². The van der Waals surface area contributed by atoms with E-state index in [2.05, 4.69) is 22.4 Å². The van der Waals surface area contributed by atoms with Crippen molar-refractivity contribution in [1.29, 1.82) is 0 Å². The number of thiocarbonyl (C=S) groups is 1. The molecule has 0 spiro atoms. The van der Waals surface area contributed by atoms with Crippen molar-refractivity contribution in [2.45, 2.75) is 6.61 Å². The van der Waals surface area contributed by atoms with Crippen molar-refractivity contribution in [3.63, 3.8) is 0 Å². The zero-order valence-corrected chi connectivity index (χ0v) is 17.0. The van der Waals surface area contributed by atoms with Crippen molar-refractivity contribution in [2.24, 2.45) is 5.10 Å². The van der Waals surface area contributed by atoms with Crippen LogP contribution in [0, 0.1) is 0 Å². The molecule has 0 fully saturated rings. The summed E-state index contributed by atoms with van der Waals surface area (Å²) in [5.74, 6) is 1.12. The minimum absolute atomic E-state index is 0.254. The van der Waals surface area contributed by atoms with Gasteiger partial charge in [0.1, 0.15) is 6.61 Å². The van der Waals surface area contributed by atoms with Gasteiger partial charge >= 0.3 is 0 Å². The van der Waals surface area contributed by atoms with E-state index in [1.54, 1.807) is 37.6 Å². The van der Waals surface area contributed by atoms with Gasteiger partial charge in [-0.1, -0.05) is 41.4 Å². The summed E-state index contributed by atoms with van der Waals surface area (Å²) in [6.45, 7) is 4.42. The average molecular weight is 424 g/mol. The number of benzene rings is 2. The van der Waals surface area contributed by atoms with Gasteiger partial charge in [0.25, 0.3) is 0 Å². The van der Waals surface area contributed by atoms with E-state index in [9.17, 15) is 0 Å². The van der Waals surface area contributed by atoms with Crippen LogP contribution in [0.4, 0.5) is 0 Å². The van der Waals surface area contributed by atoms with Crippen LogP contribution in [0.5, 0.6) is 11.5 Å². The van der Waals surface area contributed by atoms with Gasteiger partial charge in [-0.15, -0.1) is 6.58 Å². The SMILES string of the molecule is C=CCNC(=S)N/N=C/c1cccc(OC)c1OCc1ccc(Cl)cc1Cl. The third-order valence-corrected chi connectivity index (χ3v) is 4.22. The number of nitrogens with one attached hydrogen (secondary N) is 2. The van der Waals surface area contributed by atoms with Gasteiger partial charge < -0.3 is 14.8 Å². The fourth-order valence-electron chi connectivity index (χ4n) is 2.10. The summed E-state index contributed by atoms with van der Waals surface area (Å²) in [7, 11) is 1.57. The Morgan fingerprint density at radius 3 is 2.81 bits per heavy atom. The highest BCUT2D eigenvalue weighted by Crippen LogP contribution is 2.31. The Labute approximate surface area is 174 Å². The first kappa shape index (κ1) is 21.0. The molecule has 0 amide bonds. The number of methoxy groups -OCH3 is 1. The average Bonchev–Trinajstić information content (AvgIpc) is 2.66. The largest absolute Gasteiger partial charge is 0.493 e. The van der Waals surface area contributed by atoms with Crippen molar-refractivity contribution >= 4 is 46.7 Å². The highest BCUT2D eigenvalue weighted by Gasteiger charge is 2.11. The molecule has 0 aromatic heterocycles. The second-order valence-electron chi connectivity index (χ2n) is 5.27. The first-order chi connectivity index (χ1) is 13.0. The number of rotatable bonds is 8. The maximum absolute atomic E-state index is 6.21. The third-order valence-electron chi connectivity index (χ3n) is 3.39.